The van der Waals surface area contributed by atoms with Crippen molar-refractivity contribution in [2.24, 2.45) is 0 Å². The maximum Gasteiger partial charge on any atom is 0.277 e. The van der Waals surface area contributed by atoms with E-state index in [2.05, 4.69) is 0 Å². The van der Waals surface area contributed by atoms with Crippen LogP contribution in [0.4, 0.5) is 11.4 Å². The molecule has 10 nitrogen and oxygen atoms in total. The van der Waals surface area contributed by atoms with Crippen LogP contribution in [0, 0.1) is 20.2 Å². The second kappa shape index (κ2) is 8.55. The lowest BCUT2D eigenvalue weighted by molar-refractivity contribution is -0.394. The van der Waals surface area contributed by atoms with Crippen molar-refractivity contribution in [3.63, 3.8) is 0 Å². The van der Waals surface area contributed by atoms with Gasteiger partial charge in [-0.3, -0.25) is 25.0 Å². The van der Waals surface area contributed by atoms with Gasteiger partial charge in [0.25, 0.3) is 17.3 Å². The summed E-state index contributed by atoms with van der Waals surface area (Å²) in [6.07, 6.45) is 1.17. The summed E-state index contributed by atoms with van der Waals surface area (Å²) in [6, 6.07) is 10.0. The number of nitrogens with zero attached hydrogens (tertiary/aromatic N) is 3. The largest absolute Gasteiger partial charge is 0.497 e. The van der Waals surface area contributed by atoms with Crippen LogP contribution in [0.5, 0.6) is 11.5 Å². The molecule has 0 N–H and O–H groups in total. The highest BCUT2D eigenvalue weighted by Gasteiger charge is 2.28. The van der Waals surface area contributed by atoms with E-state index in [1.807, 2.05) is 0 Å². The molecule has 1 aliphatic heterocycles. The van der Waals surface area contributed by atoms with Gasteiger partial charge in [-0.2, -0.15) is 0 Å². The molecular formula is C19H19N3O7. The zero-order chi connectivity index (χ0) is 21.0. The average molecular weight is 401 g/mol. The molecule has 1 fully saturated rings. The average Bonchev–Trinajstić information content (AvgIpc) is 2.73. The van der Waals surface area contributed by atoms with E-state index in [9.17, 15) is 25.0 Å². The van der Waals surface area contributed by atoms with E-state index < -0.39 is 27.1 Å². The molecule has 1 heterocycles. The number of likely N-dealkylation sites (tertiary alicyclic amines) is 1. The minimum atomic E-state index is -0.754. The van der Waals surface area contributed by atoms with Crippen LogP contribution in [0.2, 0.25) is 0 Å². The first-order valence-electron chi connectivity index (χ1n) is 8.91. The van der Waals surface area contributed by atoms with Crippen molar-refractivity contribution in [1.29, 1.82) is 0 Å². The first-order valence-corrected chi connectivity index (χ1v) is 8.91. The van der Waals surface area contributed by atoms with Crippen LogP contribution in [0.3, 0.4) is 0 Å². The molecule has 0 spiro atoms. The van der Waals surface area contributed by atoms with Gasteiger partial charge in [-0.25, -0.2) is 0 Å². The Balaban J connectivity index is 1.75. The quantitative estimate of drug-likeness (QED) is 0.537. The van der Waals surface area contributed by atoms with Gasteiger partial charge in [0.15, 0.2) is 0 Å². The molecule has 2 aromatic rings. The predicted octanol–water partition coefficient (Wildman–Crippen LogP) is 3.20. The molecule has 1 saturated heterocycles. The number of carbonyl (C=O) groups is 1. The monoisotopic (exact) mass is 401 g/mol. The van der Waals surface area contributed by atoms with Crippen LogP contribution in [-0.2, 0) is 0 Å². The Morgan fingerprint density at radius 1 is 1.03 bits per heavy atom. The van der Waals surface area contributed by atoms with Crippen LogP contribution >= 0.6 is 0 Å². The van der Waals surface area contributed by atoms with Crippen LogP contribution in [0.1, 0.15) is 23.2 Å². The normalized spacial score (nSPS) is 16.2. The second-order valence-electron chi connectivity index (χ2n) is 6.56. The highest BCUT2D eigenvalue weighted by atomic mass is 16.6. The number of nitro benzene ring substituents is 2. The highest BCUT2D eigenvalue weighted by Crippen LogP contribution is 2.26. The van der Waals surface area contributed by atoms with E-state index in [0.717, 1.165) is 24.6 Å². The van der Waals surface area contributed by atoms with Crippen molar-refractivity contribution in [3.05, 3.63) is 68.3 Å². The third-order valence-electron chi connectivity index (χ3n) is 4.60. The maximum atomic E-state index is 12.8. The van der Waals surface area contributed by atoms with Gasteiger partial charge in [-0.15, -0.1) is 0 Å². The first kappa shape index (κ1) is 20.1. The Kier molecular flexibility index (Phi) is 5.91. The van der Waals surface area contributed by atoms with E-state index in [0.29, 0.717) is 24.5 Å². The van der Waals surface area contributed by atoms with E-state index >= 15 is 0 Å². The van der Waals surface area contributed by atoms with Crippen LogP contribution in [-0.4, -0.2) is 47.0 Å². The van der Waals surface area contributed by atoms with Crippen molar-refractivity contribution in [3.8, 4) is 11.5 Å². The Hall–Kier alpha value is -3.69. The molecule has 29 heavy (non-hydrogen) atoms. The molecule has 0 aliphatic carbocycles. The molecular weight excluding hydrogens is 382 g/mol. The van der Waals surface area contributed by atoms with Crippen molar-refractivity contribution >= 4 is 17.3 Å². The zero-order valence-corrected chi connectivity index (χ0v) is 15.6. The first-order chi connectivity index (χ1) is 13.9. The summed E-state index contributed by atoms with van der Waals surface area (Å²) in [5, 5.41) is 22.1. The third-order valence-corrected chi connectivity index (χ3v) is 4.60. The number of piperidine rings is 1. The van der Waals surface area contributed by atoms with Gasteiger partial charge in [0.05, 0.1) is 35.1 Å². The Morgan fingerprint density at radius 2 is 1.62 bits per heavy atom. The number of methoxy groups -OCH3 is 1. The second-order valence-corrected chi connectivity index (χ2v) is 6.56. The molecule has 3 rings (SSSR count). The molecule has 1 aliphatic rings. The lowest BCUT2D eigenvalue weighted by atomic mass is 10.1. The molecule has 0 saturated carbocycles. The number of hydrogen-bond donors (Lipinski definition) is 0. The fraction of sp³-hybridized carbons (Fsp3) is 0.316. The predicted molar refractivity (Wildman–Crippen MR) is 102 cm³/mol. The third kappa shape index (κ3) is 4.78. The molecule has 2 aromatic carbocycles. The molecule has 10 heteroatoms. The topological polar surface area (TPSA) is 125 Å². The van der Waals surface area contributed by atoms with E-state index in [-0.39, 0.29) is 18.2 Å². The van der Waals surface area contributed by atoms with Gasteiger partial charge < -0.3 is 14.4 Å². The number of rotatable bonds is 6. The molecule has 1 amide bonds. The van der Waals surface area contributed by atoms with Gasteiger partial charge in [0.1, 0.15) is 17.6 Å². The number of non-ortho nitro benzene ring substituents is 2. The van der Waals surface area contributed by atoms with Crippen molar-refractivity contribution in [2.75, 3.05) is 20.2 Å². The maximum absolute atomic E-state index is 12.8. The highest BCUT2D eigenvalue weighted by molar-refractivity contribution is 5.95. The molecule has 152 valence electrons. The Bertz CT molecular complexity index is 898. The fourth-order valence-corrected chi connectivity index (χ4v) is 3.18. The summed E-state index contributed by atoms with van der Waals surface area (Å²) in [4.78, 5) is 34.9. The summed E-state index contributed by atoms with van der Waals surface area (Å²) in [5.41, 5.74) is -1.08. The zero-order valence-electron chi connectivity index (χ0n) is 15.6. The Labute approximate surface area is 165 Å². The van der Waals surface area contributed by atoms with E-state index in [1.54, 1.807) is 31.4 Å². The van der Waals surface area contributed by atoms with Gasteiger partial charge in [-0.05, 0) is 37.1 Å². The van der Waals surface area contributed by atoms with Gasteiger partial charge in [0, 0.05) is 18.7 Å². The van der Waals surface area contributed by atoms with Gasteiger partial charge >= 0.3 is 0 Å². The van der Waals surface area contributed by atoms with Crippen LogP contribution < -0.4 is 9.47 Å². The van der Waals surface area contributed by atoms with Crippen LogP contribution in [0.25, 0.3) is 0 Å². The van der Waals surface area contributed by atoms with Gasteiger partial charge in [-0.1, -0.05) is 0 Å². The molecule has 1 atom stereocenters. The number of carbonyl (C=O) groups excluding carboxylic acids is 1. The van der Waals surface area contributed by atoms with Crippen molar-refractivity contribution in [2.45, 2.75) is 18.9 Å². The summed E-state index contributed by atoms with van der Waals surface area (Å²) in [7, 11) is 1.57. The molecule has 0 bridgehead atoms. The molecule has 0 unspecified atom stereocenters. The number of hydrogen-bond acceptors (Lipinski definition) is 7. The minimum Gasteiger partial charge on any atom is -0.497 e. The lowest BCUT2D eigenvalue weighted by Gasteiger charge is -2.33. The standard InChI is InChI=1S/C19H19N3O7/c1-28-16-4-6-17(7-5-16)29-18-3-2-8-20(12-18)19(23)13-9-14(21(24)25)11-15(10-13)22(26)27/h4-7,9-11,18H,2-3,8,12H2,1H3/t18-/m0/s1. The molecule has 0 radical (unpaired) electrons. The summed E-state index contributed by atoms with van der Waals surface area (Å²) in [6.45, 7) is 0.721. The van der Waals surface area contributed by atoms with Crippen molar-refractivity contribution in [1.82, 2.24) is 4.90 Å². The lowest BCUT2D eigenvalue weighted by Crippen LogP contribution is -2.44. The number of amides is 1. The van der Waals surface area contributed by atoms with Gasteiger partial charge in [0.2, 0.25) is 0 Å². The SMILES string of the molecule is COc1ccc(O[C@H]2CCCN(C(=O)c3cc([N+](=O)[O-])cc([N+](=O)[O-])c3)C2)cc1. The number of nitro groups is 2. The number of ether oxygens (including phenoxy) is 2. The van der Waals surface area contributed by atoms with E-state index in [4.69, 9.17) is 9.47 Å². The summed E-state index contributed by atoms with van der Waals surface area (Å²) >= 11 is 0. The minimum absolute atomic E-state index is 0.0870. The van der Waals surface area contributed by atoms with Crippen molar-refractivity contribution < 1.29 is 24.1 Å². The smallest absolute Gasteiger partial charge is 0.277 e. The molecule has 0 aromatic heterocycles. The Morgan fingerprint density at radius 3 is 2.17 bits per heavy atom. The fourth-order valence-electron chi connectivity index (χ4n) is 3.18. The summed E-state index contributed by atoms with van der Waals surface area (Å²) in [5.74, 6) is 0.834. The summed E-state index contributed by atoms with van der Waals surface area (Å²) < 4.78 is 11.0. The number of benzene rings is 2. The van der Waals surface area contributed by atoms with E-state index in [1.165, 1.54) is 4.90 Å². The van der Waals surface area contributed by atoms with Crippen LogP contribution in [0.15, 0.2) is 42.5 Å².